The predicted octanol–water partition coefficient (Wildman–Crippen LogP) is 0.826. The summed E-state index contributed by atoms with van der Waals surface area (Å²) in [6.45, 7) is 5.95. The number of piperidine rings is 1. The lowest BCUT2D eigenvalue weighted by Crippen LogP contribution is -2.53. The highest BCUT2D eigenvalue weighted by Crippen LogP contribution is 2.25. The number of nitrogens with two attached hydrogens (primary N) is 1. The van der Waals surface area contributed by atoms with E-state index in [1.165, 1.54) is 4.90 Å². The molecule has 0 saturated carbocycles. The summed E-state index contributed by atoms with van der Waals surface area (Å²) in [7, 11) is 0. The second-order valence-electron chi connectivity index (χ2n) is 5.66. The minimum absolute atomic E-state index is 0.00564. The molecule has 1 heterocycles. The van der Waals surface area contributed by atoms with Crippen molar-refractivity contribution in [2.45, 2.75) is 51.6 Å². The van der Waals surface area contributed by atoms with Gasteiger partial charge in [-0.05, 0) is 32.6 Å². The lowest BCUT2D eigenvalue weighted by atomic mass is 9.89. The normalized spacial score (nSPS) is 25.8. The number of likely N-dealkylation sites (tertiary alicyclic amines) is 1. The van der Waals surface area contributed by atoms with Crippen LogP contribution in [0.4, 0.5) is 0 Å². The number of carboxylic acids is 1. The molecule has 5 heteroatoms. The molecule has 1 rings (SSSR count). The molecule has 0 radical (unpaired) electrons. The zero-order valence-corrected chi connectivity index (χ0v) is 10.8. The molecule has 0 aromatic heterocycles. The van der Waals surface area contributed by atoms with Gasteiger partial charge in [0.2, 0.25) is 5.91 Å². The third kappa shape index (κ3) is 3.70. The van der Waals surface area contributed by atoms with E-state index in [1.54, 1.807) is 13.8 Å². The zero-order chi connectivity index (χ0) is 13.2. The number of hydrogen-bond acceptors (Lipinski definition) is 3. The summed E-state index contributed by atoms with van der Waals surface area (Å²) in [5.41, 5.74) is 5.21. The second kappa shape index (κ2) is 5.04. The molecule has 3 N–H and O–H groups in total. The molecular formula is C12H22N2O3. The van der Waals surface area contributed by atoms with Crippen molar-refractivity contribution in [3.8, 4) is 0 Å². The summed E-state index contributed by atoms with van der Waals surface area (Å²) in [5, 5.41) is 9.20. The standard InChI is InChI=1S/C12H22N2O3/c1-8-5-4-6-14(10(8)11(16)17)9(15)7-12(2,3)13/h8,10H,4-7,13H2,1-3H3,(H,16,17). The molecule has 0 aromatic carbocycles. The Kier molecular flexibility index (Phi) is 4.14. The first-order chi connectivity index (χ1) is 7.72. The van der Waals surface area contributed by atoms with Crippen LogP contribution >= 0.6 is 0 Å². The molecule has 0 bridgehead atoms. The van der Waals surface area contributed by atoms with Gasteiger partial charge in [0.1, 0.15) is 6.04 Å². The Morgan fingerprint density at radius 1 is 1.47 bits per heavy atom. The Balaban J connectivity index is 2.79. The van der Waals surface area contributed by atoms with Crippen molar-refractivity contribution in [2.24, 2.45) is 11.7 Å². The topological polar surface area (TPSA) is 83.6 Å². The minimum Gasteiger partial charge on any atom is -0.480 e. The van der Waals surface area contributed by atoms with Crippen molar-refractivity contribution in [1.29, 1.82) is 0 Å². The van der Waals surface area contributed by atoms with Gasteiger partial charge in [0.25, 0.3) is 0 Å². The third-order valence-corrected chi connectivity index (χ3v) is 3.11. The number of nitrogens with zero attached hydrogens (tertiary/aromatic N) is 1. The molecule has 1 saturated heterocycles. The molecule has 0 spiro atoms. The first-order valence-electron chi connectivity index (χ1n) is 6.03. The maximum atomic E-state index is 12.1. The second-order valence-corrected chi connectivity index (χ2v) is 5.66. The van der Waals surface area contributed by atoms with Crippen LogP contribution < -0.4 is 5.73 Å². The Morgan fingerprint density at radius 3 is 2.53 bits per heavy atom. The van der Waals surface area contributed by atoms with Gasteiger partial charge in [-0.15, -0.1) is 0 Å². The van der Waals surface area contributed by atoms with E-state index in [0.717, 1.165) is 12.8 Å². The number of aliphatic carboxylic acids is 1. The average molecular weight is 242 g/mol. The largest absolute Gasteiger partial charge is 0.480 e. The molecule has 0 aromatic rings. The van der Waals surface area contributed by atoms with Gasteiger partial charge in [-0.2, -0.15) is 0 Å². The van der Waals surface area contributed by atoms with Crippen LogP contribution in [-0.2, 0) is 9.59 Å². The van der Waals surface area contributed by atoms with Crippen molar-refractivity contribution in [3.05, 3.63) is 0 Å². The van der Waals surface area contributed by atoms with Crippen molar-refractivity contribution in [3.63, 3.8) is 0 Å². The van der Waals surface area contributed by atoms with Gasteiger partial charge in [0.05, 0.1) is 0 Å². The Morgan fingerprint density at radius 2 is 2.06 bits per heavy atom. The van der Waals surface area contributed by atoms with Crippen LogP contribution in [0.25, 0.3) is 0 Å². The fraction of sp³-hybridized carbons (Fsp3) is 0.833. The zero-order valence-electron chi connectivity index (χ0n) is 10.8. The van der Waals surface area contributed by atoms with Crippen LogP contribution in [0.2, 0.25) is 0 Å². The number of carbonyl (C=O) groups is 2. The van der Waals surface area contributed by atoms with E-state index in [4.69, 9.17) is 5.73 Å². The van der Waals surface area contributed by atoms with Gasteiger partial charge >= 0.3 is 5.97 Å². The van der Waals surface area contributed by atoms with E-state index in [1.807, 2.05) is 6.92 Å². The fourth-order valence-corrected chi connectivity index (χ4v) is 2.34. The summed E-state index contributed by atoms with van der Waals surface area (Å²) in [6.07, 6.45) is 1.90. The number of amides is 1. The molecule has 2 atom stereocenters. The number of carboxylic acid groups (broad SMARTS) is 1. The molecule has 17 heavy (non-hydrogen) atoms. The Bertz CT molecular complexity index is 309. The summed E-state index contributed by atoms with van der Waals surface area (Å²) < 4.78 is 0. The monoisotopic (exact) mass is 242 g/mol. The maximum absolute atomic E-state index is 12.1. The summed E-state index contributed by atoms with van der Waals surface area (Å²) >= 11 is 0. The molecule has 1 amide bonds. The highest BCUT2D eigenvalue weighted by atomic mass is 16.4. The van der Waals surface area contributed by atoms with Crippen LogP contribution in [0, 0.1) is 5.92 Å². The van der Waals surface area contributed by atoms with Gasteiger partial charge in [0.15, 0.2) is 0 Å². The SMILES string of the molecule is CC1CCCN(C(=O)CC(C)(C)N)C1C(=O)O. The van der Waals surface area contributed by atoms with Crippen LogP contribution in [0.15, 0.2) is 0 Å². The number of carbonyl (C=O) groups excluding carboxylic acids is 1. The van der Waals surface area contributed by atoms with Gasteiger partial charge in [-0.25, -0.2) is 4.79 Å². The molecule has 0 aliphatic carbocycles. The molecule has 1 aliphatic heterocycles. The van der Waals surface area contributed by atoms with Gasteiger partial charge in [-0.3, -0.25) is 4.79 Å². The van der Waals surface area contributed by atoms with Crippen LogP contribution in [0.1, 0.15) is 40.0 Å². The third-order valence-electron chi connectivity index (χ3n) is 3.11. The Hall–Kier alpha value is -1.10. The molecule has 2 unspecified atom stereocenters. The maximum Gasteiger partial charge on any atom is 0.326 e. The van der Waals surface area contributed by atoms with Gasteiger partial charge in [0, 0.05) is 18.5 Å². The molecule has 98 valence electrons. The van der Waals surface area contributed by atoms with Gasteiger partial charge in [-0.1, -0.05) is 6.92 Å². The minimum atomic E-state index is -0.916. The molecule has 1 fully saturated rings. The number of rotatable bonds is 3. The van der Waals surface area contributed by atoms with Gasteiger partial charge < -0.3 is 15.7 Å². The van der Waals surface area contributed by atoms with Crippen molar-refractivity contribution < 1.29 is 14.7 Å². The highest BCUT2D eigenvalue weighted by molar-refractivity contribution is 5.84. The molecular weight excluding hydrogens is 220 g/mol. The quantitative estimate of drug-likeness (QED) is 0.767. The van der Waals surface area contributed by atoms with Crippen molar-refractivity contribution in [1.82, 2.24) is 4.90 Å². The summed E-state index contributed by atoms with van der Waals surface area (Å²) in [5.74, 6) is -1.07. The van der Waals surface area contributed by atoms with E-state index in [0.29, 0.717) is 6.54 Å². The van der Waals surface area contributed by atoms with E-state index < -0.39 is 17.6 Å². The van der Waals surface area contributed by atoms with E-state index in [2.05, 4.69) is 0 Å². The first kappa shape index (κ1) is 14.0. The lowest BCUT2D eigenvalue weighted by Gasteiger charge is -2.38. The highest BCUT2D eigenvalue weighted by Gasteiger charge is 2.37. The summed E-state index contributed by atoms with van der Waals surface area (Å²) in [4.78, 5) is 24.8. The average Bonchev–Trinajstić information content (AvgIpc) is 2.13. The predicted molar refractivity (Wildman–Crippen MR) is 64.4 cm³/mol. The van der Waals surface area contributed by atoms with E-state index in [9.17, 15) is 14.7 Å². The van der Waals surface area contributed by atoms with Crippen molar-refractivity contribution in [2.75, 3.05) is 6.54 Å². The molecule has 1 aliphatic rings. The van der Waals surface area contributed by atoms with Crippen molar-refractivity contribution >= 4 is 11.9 Å². The van der Waals surface area contributed by atoms with Crippen LogP contribution in [0.5, 0.6) is 0 Å². The van der Waals surface area contributed by atoms with E-state index >= 15 is 0 Å². The van der Waals surface area contributed by atoms with Crippen LogP contribution in [0.3, 0.4) is 0 Å². The summed E-state index contributed by atoms with van der Waals surface area (Å²) in [6, 6.07) is -0.696. The van der Waals surface area contributed by atoms with E-state index in [-0.39, 0.29) is 18.2 Å². The first-order valence-corrected chi connectivity index (χ1v) is 6.03. The molecule has 5 nitrogen and oxygen atoms in total. The smallest absolute Gasteiger partial charge is 0.326 e. The number of hydrogen-bond donors (Lipinski definition) is 2. The fourth-order valence-electron chi connectivity index (χ4n) is 2.34. The lowest BCUT2D eigenvalue weighted by molar-refractivity contribution is -0.155. The Labute approximate surface area is 102 Å². The van der Waals surface area contributed by atoms with Crippen LogP contribution in [-0.4, -0.2) is 40.0 Å².